The molecule has 0 bridgehead atoms. The van der Waals surface area contributed by atoms with Crippen molar-refractivity contribution >= 4 is 56.9 Å². The van der Waals surface area contributed by atoms with Crippen LogP contribution in [0.4, 0.5) is 0 Å². The van der Waals surface area contributed by atoms with Crippen LogP contribution in [0.15, 0.2) is 33.4 Å². The second-order valence-corrected chi connectivity index (χ2v) is 12.5. The molecule has 3 rings (SSSR count). The summed E-state index contributed by atoms with van der Waals surface area (Å²) in [6.07, 6.45) is 4.52. The van der Waals surface area contributed by atoms with E-state index in [0.29, 0.717) is 42.3 Å². The van der Waals surface area contributed by atoms with Gasteiger partial charge in [0, 0.05) is 61.3 Å². The molecule has 1 saturated carbocycles. The third kappa shape index (κ3) is 9.77. The van der Waals surface area contributed by atoms with Crippen LogP contribution in [-0.4, -0.2) is 83.0 Å². The zero-order valence-corrected chi connectivity index (χ0v) is 25.6. The van der Waals surface area contributed by atoms with E-state index in [2.05, 4.69) is 10.3 Å². The summed E-state index contributed by atoms with van der Waals surface area (Å²) in [6, 6.07) is 5.14. The lowest BCUT2D eigenvalue weighted by molar-refractivity contribution is -0.151. The van der Waals surface area contributed by atoms with Crippen LogP contribution in [0.5, 0.6) is 0 Å². The number of amides is 2. The summed E-state index contributed by atoms with van der Waals surface area (Å²) in [5.74, 6) is 0.127. The third-order valence-electron chi connectivity index (χ3n) is 7.03. The molecule has 11 nitrogen and oxygen atoms in total. The van der Waals surface area contributed by atoms with Gasteiger partial charge >= 0.3 is 11.9 Å². The Morgan fingerprint density at radius 2 is 1.76 bits per heavy atom. The van der Waals surface area contributed by atoms with Crippen molar-refractivity contribution in [2.75, 3.05) is 26.5 Å². The average molecular weight is 607 g/mol. The molecule has 1 aliphatic rings. The molecule has 0 atom stereocenters. The van der Waals surface area contributed by atoms with E-state index in [1.54, 1.807) is 58.8 Å². The highest BCUT2D eigenvalue weighted by atomic mass is 33.1. The van der Waals surface area contributed by atoms with Crippen molar-refractivity contribution in [3.8, 4) is 0 Å². The smallest absolute Gasteiger partial charge is 0.306 e. The highest BCUT2D eigenvalue weighted by Gasteiger charge is 2.29. The number of hydrogen-bond acceptors (Lipinski definition) is 11. The fourth-order valence-electron chi connectivity index (χ4n) is 4.48. The minimum absolute atomic E-state index is 0.0512. The molecule has 0 N–H and O–H groups in total. The first-order chi connectivity index (χ1) is 19.7. The van der Waals surface area contributed by atoms with Crippen molar-refractivity contribution in [3.63, 3.8) is 0 Å². The highest BCUT2D eigenvalue weighted by molar-refractivity contribution is 8.78. The van der Waals surface area contributed by atoms with Crippen LogP contribution in [0.2, 0.25) is 0 Å². The average Bonchev–Trinajstić information content (AvgIpc) is 3.46. The molecule has 1 aliphatic carbocycles. The van der Waals surface area contributed by atoms with Gasteiger partial charge in [-0.1, -0.05) is 28.5 Å². The predicted molar refractivity (Wildman–Crippen MR) is 158 cm³/mol. The van der Waals surface area contributed by atoms with E-state index < -0.39 is 0 Å². The van der Waals surface area contributed by atoms with Gasteiger partial charge in [0.1, 0.15) is 17.1 Å². The van der Waals surface area contributed by atoms with Gasteiger partial charge < -0.3 is 19.3 Å². The predicted octanol–water partition coefficient (Wildman–Crippen LogP) is 4.97. The SMILES string of the molecule is CCSS/C(CCOC(=O)CCCC(=O)OC1CCC(N(C)C(=O)c2ccc3nonc3c2)CC1)=C(/C)N(C)C=O. The summed E-state index contributed by atoms with van der Waals surface area (Å²) in [6.45, 7) is 4.13. The van der Waals surface area contributed by atoms with Gasteiger partial charge in [-0.15, -0.1) is 0 Å². The summed E-state index contributed by atoms with van der Waals surface area (Å²) >= 11 is 0. The van der Waals surface area contributed by atoms with Crippen LogP contribution in [-0.2, 0) is 23.9 Å². The van der Waals surface area contributed by atoms with Crippen molar-refractivity contribution in [2.45, 2.75) is 77.4 Å². The maximum absolute atomic E-state index is 13.0. The summed E-state index contributed by atoms with van der Waals surface area (Å²) in [5.41, 5.74) is 2.49. The van der Waals surface area contributed by atoms with Gasteiger partial charge in [-0.3, -0.25) is 19.2 Å². The fraction of sp³-hybridized carbons (Fsp3) is 0.571. The number of allylic oxidation sites excluding steroid dienone is 1. The topological polar surface area (TPSA) is 132 Å². The maximum Gasteiger partial charge on any atom is 0.306 e. The van der Waals surface area contributed by atoms with Crippen LogP contribution in [0.1, 0.15) is 75.6 Å². The molecule has 1 aromatic heterocycles. The summed E-state index contributed by atoms with van der Waals surface area (Å²) in [7, 11) is 6.72. The lowest BCUT2D eigenvalue weighted by atomic mass is 9.91. The van der Waals surface area contributed by atoms with E-state index in [9.17, 15) is 19.2 Å². The molecule has 0 unspecified atom stereocenters. The quantitative estimate of drug-likeness (QED) is 0.155. The molecule has 41 heavy (non-hydrogen) atoms. The zero-order valence-electron chi connectivity index (χ0n) is 24.0. The minimum atomic E-state index is -0.362. The molecular weight excluding hydrogens is 568 g/mol. The first kappa shape index (κ1) is 32.5. The van der Waals surface area contributed by atoms with E-state index in [1.807, 2.05) is 13.8 Å². The first-order valence-electron chi connectivity index (χ1n) is 13.7. The monoisotopic (exact) mass is 606 g/mol. The molecule has 0 spiro atoms. The third-order valence-corrected chi connectivity index (χ3v) is 9.75. The van der Waals surface area contributed by atoms with Crippen LogP contribution in [0.3, 0.4) is 0 Å². The Bertz CT molecular complexity index is 1230. The summed E-state index contributed by atoms with van der Waals surface area (Å²) < 4.78 is 15.7. The van der Waals surface area contributed by atoms with Gasteiger partial charge in [0.05, 0.1) is 6.61 Å². The number of carbonyl (C=O) groups is 4. The minimum Gasteiger partial charge on any atom is -0.465 e. The fourth-order valence-corrected chi connectivity index (χ4v) is 6.56. The molecule has 224 valence electrons. The van der Waals surface area contributed by atoms with E-state index in [4.69, 9.17) is 14.1 Å². The van der Waals surface area contributed by atoms with Crippen LogP contribution in [0.25, 0.3) is 11.0 Å². The van der Waals surface area contributed by atoms with Crippen molar-refractivity contribution in [1.29, 1.82) is 0 Å². The number of ether oxygens (including phenoxy) is 2. The number of fused-ring (bicyclic) bond motifs is 1. The second kappa shape index (κ2) is 16.4. The van der Waals surface area contributed by atoms with Crippen molar-refractivity contribution in [2.24, 2.45) is 0 Å². The van der Waals surface area contributed by atoms with E-state index in [0.717, 1.165) is 35.6 Å². The number of hydrogen-bond donors (Lipinski definition) is 0. The number of esters is 2. The maximum atomic E-state index is 13.0. The van der Waals surface area contributed by atoms with Crippen LogP contribution in [0, 0.1) is 0 Å². The zero-order chi connectivity index (χ0) is 29.8. The summed E-state index contributed by atoms with van der Waals surface area (Å²) in [4.78, 5) is 52.8. The van der Waals surface area contributed by atoms with E-state index in [-0.39, 0.29) is 49.4 Å². The van der Waals surface area contributed by atoms with Gasteiger partial charge in [0.15, 0.2) is 0 Å². The Labute approximate surface area is 248 Å². The Balaban J connectivity index is 1.33. The summed E-state index contributed by atoms with van der Waals surface area (Å²) in [5, 5.41) is 7.56. The second-order valence-electron chi connectivity index (χ2n) is 9.84. The standard InChI is InChI=1S/C28H38N4O7S2/c1-5-40-41-25(19(2)31(3)18-33)15-16-37-26(34)7-6-8-27(35)38-22-12-10-21(11-13-22)32(4)28(36)20-9-14-23-24(17-20)30-39-29-23/h9,14,17-18,21-22H,5-8,10-13,15-16H2,1-4H3/b25-19-. The largest absolute Gasteiger partial charge is 0.465 e. The number of nitrogens with zero attached hydrogens (tertiary/aromatic N) is 4. The highest BCUT2D eigenvalue weighted by Crippen LogP contribution is 2.34. The van der Waals surface area contributed by atoms with Gasteiger partial charge in [-0.25, -0.2) is 4.63 Å². The van der Waals surface area contributed by atoms with Crippen molar-refractivity contribution in [1.82, 2.24) is 20.1 Å². The molecule has 13 heteroatoms. The number of benzene rings is 1. The molecule has 2 amide bonds. The van der Waals surface area contributed by atoms with E-state index >= 15 is 0 Å². The Hall–Kier alpha value is -3.06. The molecule has 0 saturated heterocycles. The van der Waals surface area contributed by atoms with E-state index in [1.165, 1.54) is 4.90 Å². The van der Waals surface area contributed by atoms with Crippen molar-refractivity contribution in [3.05, 3.63) is 34.4 Å². The lowest BCUT2D eigenvalue weighted by Crippen LogP contribution is -2.41. The lowest BCUT2D eigenvalue weighted by Gasteiger charge is -2.34. The molecule has 1 heterocycles. The van der Waals surface area contributed by atoms with Gasteiger partial charge in [-0.05, 0) is 67.5 Å². The number of carbonyl (C=O) groups excluding carboxylic acids is 4. The van der Waals surface area contributed by atoms with Crippen LogP contribution < -0.4 is 0 Å². The normalized spacial score (nSPS) is 17.5. The first-order valence-corrected chi connectivity index (χ1v) is 16.1. The number of rotatable bonds is 15. The molecule has 1 fully saturated rings. The molecule has 1 aromatic carbocycles. The van der Waals surface area contributed by atoms with Crippen molar-refractivity contribution < 1.29 is 33.3 Å². The Morgan fingerprint density at radius 3 is 2.46 bits per heavy atom. The Morgan fingerprint density at radius 1 is 1.05 bits per heavy atom. The van der Waals surface area contributed by atoms with Crippen LogP contribution >= 0.6 is 21.6 Å². The molecule has 0 radical (unpaired) electrons. The molecule has 0 aliphatic heterocycles. The Kier molecular flexibility index (Phi) is 13.0. The molecule has 2 aromatic rings. The van der Waals surface area contributed by atoms with Gasteiger partial charge in [0.2, 0.25) is 6.41 Å². The molecular formula is C28H38N4O7S2. The van der Waals surface area contributed by atoms with Gasteiger partial charge in [0.25, 0.3) is 5.91 Å². The van der Waals surface area contributed by atoms with Gasteiger partial charge in [-0.2, -0.15) is 0 Å². The number of aromatic nitrogens is 2.